The van der Waals surface area contributed by atoms with E-state index in [1.54, 1.807) is 24.4 Å². The molecule has 0 amide bonds. The monoisotopic (exact) mass is 449 g/mol. The van der Waals surface area contributed by atoms with Gasteiger partial charge in [-0.25, -0.2) is 0 Å². The van der Waals surface area contributed by atoms with Crippen LogP contribution in [-0.4, -0.2) is 21.8 Å². The van der Waals surface area contributed by atoms with Crippen molar-refractivity contribution >= 4 is 54.5 Å². The predicted octanol–water partition coefficient (Wildman–Crippen LogP) is 5.13. The third-order valence-corrected chi connectivity index (χ3v) is 5.25. The van der Waals surface area contributed by atoms with Crippen molar-refractivity contribution in [3.63, 3.8) is 0 Å². The number of H-pyrrole nitrogens is 1. The largest absolute Gasteiger partial charge is 0.481 e. The Morgan fingerprint density at radius 3 is 2.38 bits per heavy atom. The second-order valence-corrected chi connectivity index (χ2v) is 7.11. The number of fused-ring (bicyclic) bond motifs is 1. The lowest BCUT2D eigenvalue weighted by Crippen LogP contribution is -2.16. The first-order chi connectivity index (χ1) is 11.5. The minimum atomic E-state index is -1.02. The molecule has 0 spiro atoms. The Balaban J connectivity index is 1.98. The first-order valence-electron chi connectivity index (χ1n) is 7.25. The van der Waals surface area contributed by atoms with Crippen molar-refractivity contribution in [3.05, 3.63) is 68.7 Å². The van der Waals surface area contributed by atoms with Gasteiger partial charge in [0.15, 0.2) is 5.78 Å². The number of halogens is 2. The number of ketones is 1. The fourth-order valence-electron chi connectivity index (χ4n) is 2.76. The zero-order valence-corrected chi connectivity index (χ0v) is 15.6. The van der Waals surface area contributed by atoms with Gasteiger partial charge >= 0.3 is 5.97 Å². The van der Waals surface area contributed by atoms with Crippen molar-refractivity contribution in [2.24, 2.45) is 0 Å². The highest BCUT2D eigenvalue weighted by Crippen LogP contribution is 2.32. The zero-order valence-electron chi connectivity index (χ0n) is 12.4. The normalized spacial score (nSPS) is 12.2. The third-order valence-electron chi connectivity index (χ3n) is 3.93. The van der Waals surface area contributed by atoms with Crippen molar-refractivity contribution in [2.45, 2.75) is 12.3 Å². The number of aromatic amines is 1. The van der Waals surface area contributed by atoms with Crippen molar-refractivity contribution in [1.82, 2.24) is 4.98 Å². The van der Waals surface area contributed by atoms with E-state index in [0.717, 1.165) is 10.9 Å². The molecule has 4 nitrogen and oxygen atoms in total. The van der Waals surface area contributed by atoms with Crippen LogP contribution in [0.15, 0.2) is 57.6 Å². The van der Waals surface area contributed by atoms with Gasteiger partial charge in [0.1, 0.15) is 0 Å². The van der Waals surface area contributed by atoms with Crippen LogP contribution in [0.3, 0.4) is 0 Å². The second-order valence-electron chi connectivity index (χ2n) is 5.40. The number of carboxylic acid groups (broad SMARTS) is 1. The average Bonchev–Trinajstić information content (AvgIpc) is 2.96. The molecule has 3 aromatic rings. The fraction of sp³-hybridized carbons (Fsp3) is 0.111. The maximum Gasteiger partial charge on any atom is 0.311 e. The van der Waals surface area contributed by atoms with Gasteiger partial charge in [-0.05, 0) is 23.8 Å². The van der Waals surface area contributed by atoms with E-state index in [0.29, 0.717) is 20.1 Å². The molecule has 0 saturated heterocycles. The van der Waals surface area contributed by atoms with E-state index in [4.69, 9.17) is 0 Å². The lowest BCUT2D eigenvalue weighted by atomic mass is 9.91. The molecule has 0 aliphatic carbocycles. The molecule has 0 radical (unpaired) electrons. The predicted molar refractivity (Wildman–Crippen MR) is 99.5 cm³/mol. The molecule has 24 heavy (non-hydrogen) atoms. The van der Waals surface area contributed by atoms with Gasteiger partial charge in [-0.1, -0.05) is 56.1 Å². The van der Waals surface area contributed by atoms with Gasteiger partial charge in [-0.3, -0.25) is 9.59 Å². The van der Waals surface area contributed by atoms with Crippen molar-refractivity contribution in [2.75, 3.05) is 0 Å². The van der Waals surface area contributed by atoms with Gasteiger partial charge in [-0.15, -0.1) is 0 Å². The van der Waals surface area contributed by atoms with Crippen molar-refractivity contribution in [1.29, 1.82) is 0 Å². The van der Waals surface area contributed by atoms with Gasteiger partial charge in [0.25, 0.3) is 0 Å². The molecule has 0 aliphatic heterocycles. The third kappa shape index (κ3) is 3.16. The standard InChI is InChI=1S/C18H13Br2NO3/c19-13-5-3-6-14(20)17(13)16(22)8-11(18(23)24)12-9-21-15-7-2-1-4-10(12)15/h1-7,9,11,21H,8H2,(H,23,24). The minimum absolute atomic E-state index is 0.113. The molecule has 0 bridgehead atoms. The maximum atomic E-state index is 12.7. The van der Waals surface area contributed by atoms with Crippen molar-refractivity contribution in [3.8, 4) is 0 Å². The Morgan fingerprint density at radius 2 is 1.71 bits per heavy atom. The van der Waals surface area contributed by atoms with E-state index in [1.165, 1.54) is 0 Å². The molecule has 3 rings (SSSR count). The molecule has 6 heteroatoms. The molecular formula is C18H13Br2NO3. The summed E-state index contributed by atoms with van der Waals surface area (Å²) in [6, 6.07) is 12.8. The summed E-state index contributed by atoms with van der Waals surface area (Å²) >= 11 is 6.72. The summed E-state index contributed by atoms with van der Waals surface area (Å²) in [5.41, 5.74) is 1.94. The average molecular weight is 451 g/mol. The van der Waals surface area contributed by atoms with Crippen LogP contribution in [0.25, 0.3) is 10.9 Å². The molecule has 1 aromatic heterocycles. The summed E-state index contributed by atoms with van der Waals surface area (Å²) in [6.07, 6.45) is 1.56. The van der Waals surface area contributed by atoms with Crippen LogP contribution in [0.2, 0.25) is 0 Å². The van der Waals surface area contributed by atoms with E-state index in [9.17, 15) is 14.7 Å². The van der Waals surface area contributed by atoms with Crippen LogP contribution in [-0.2, 0) is 4.79 Å². The number of carbonyl (C=O) groups excluding carboxylic acids is 1. The summed E-state index contributed by atoms with van der Waals surface area (Å²) in [4.78, 5) is 27.6. The highest BCUT2D eigenvalue weighted by atomic mass is 79.9. The number of rotatable bonds is 5. The number of carboxylic acids is 1. The van der Waals surface area contributed by atoms with Gasteiger partial charge < -0.3 is 10.1 Å². The summed E-state index contributed by atoms with van der Waals surface area (Å²) in [5, 5.41) is 10.5. The van der Waals surface area contributed by atoms with Crippen LogP contribution < -0.4 is 0 Å². The Bertz CT molecular complexity index is 913. The van der Waals surface area contributed by atoms with Crippen LogP contribution in [0.4, 0.5) is 0 Å². The lowest BCUT2D eigenvalue weighted by Gasteiger charge is -2.13. The maximum absolute atomic E-state index is 12.7. The first kappa shape index (κ1) is 16.9. The van der Waals surface area contributed by atoms with Gasteiger partial charge in [0.2, 0.25) is 0 Å². The van der Waals surface area contributed by atoms with Gasteiger partial charge in [0, 0.05) is 38.0 Å². The smallest absolute Gasteiger partial charge is 0.311 e. The topological polar surface area (TPSA) is 70.2 Å². The quantitative estimate of drug-likeness (QED) is 0.529. The molecular weight excluding hydrogens is 438 g/mol. The SMILES string of the molecule is O=C(CC(C(=O)O)c1c[nH]c2ccccc12)c1c(Br)cccc1Br. The summed E-state index contributed by atoms with van der Waals surface area (Å²) < 4.78 is 1.29. The molecule has 0 aliphatic rings. The second kappa shape index (κ2) is 6.91. The summed E-state index contributed by atoms with van der Waals surface area (Å²) in [5.74, 6) is -2.16. The fourth-order valence-corrected chi connectivity index (χ4v) is 4.20. The van der Waals surface area contributed by atoms with Gasteiger partial charge in [-0.2, -0.15) is 0 Å². The molecule has 0 saturated carbocycles. The van der Waals surface area contributed by atoms with Crippen LogP contribution in [0.1, 0.15) is 28.3 Å². The number of carbonyl (C=O) groups is 2. The molecule has 122 valence electrons. The zero-order chi connectivity index (χ0) is 17.3. The Hall–Kier alpha value is -1.92. The number of benzene rings is 2. The van der Waals surface area contributed by atoms with Gasteiger partial charge in [0.05, 0.1) is 5.92 Å². The lowest BCUT2D eigenvalue weighted by molar-refractivity contribution is -0.138. The number of para-hydroxylation sites is 1. The Labute approximate surface area is 155 Å². The first-order valence-corrected chi connectivity index (χ1v) is 8.83. The Morgan fingerprint density at radius 1 is 1.04 bits per heavy atom. The van der Waals surface area contributed by atoms with Crippen LogP contribution in [0, 0.1) is 0 Å². The summed E-state index contributed by atoms with van der Waals surface area (Å²) in [7, 11) is 0. The molecule has 2 aromatic carbocycles. The van der Waals surface area contributed by atoms with Crippen LogP contribution in [0.5, 0.6) is 0 Å². The highest BCUT2D eigenvalue weighted by molar-refractivity contribution is 9.11. The Kier molecular flexibility index (Phi) is 4.87. The molecule has 1 heterocycles. The minimum Gasteiger partial charge on any atom is -0.481 e. The molecule has 1 atom stereocenters. The number of Topliss-reactive ketones (excluding diaryl/α,β-unsaturated/α-hetero) is 1. The number of nitrogens with one attached hydrogen (secondary N) is 1. The number of hydrogen-bond donors (Lipinski definition) is 2. The highest BCUT2D eigenvalue weighted by Gasteiger charge is 2.27. The number of hydrogen-bond acceptors (Lipinski definition) is 2. The molecule has 2 N–H and O–H groups in total. The molecule has 0 fully saturated rings. The van der Waals surface area contributed by atoms with E-state index in [1.807, 2.05) is 24.3 Å². The van der Waals surface area contributed by atoms with E-state index < -0.39 is 11.9 Å². The van der Waals surface area contributed by atoms with E-state index in [-0.39, 0.29) is 12.2 Å². The van der Waals surface area contributed by atoms with Crippen LogP contribution >= 0.6 is 31.9 Å². The number of aromatic nitrogens is 1. The molecule has 1 unspecified atom stereocenters. The van der Waals surface area contributed by atoms with E-state index >= 15 is 0 Å². The van der Waals surface area contributed by atoms with Crippen molar-refractivity contribution < 1.29 is 14.7 Å². The summed E-state index contributed by atoms with van der Waals surface area (Å²) in [6.45, 7) is 0. The van der Waals surface area contributed by atoms with E-state index in [2.05, 4.69) is 36.8 Å². The number of aliphatic carboxylic acids is 1.